The lowest BCUT2D eigenvalue weighted by Gasteiger charge is -2.23. The Balaban J connectivity index is 1.81. The van der Waals surface area contributed by atoms with Gasteiger partial charge in [0.2, 0.25) is 0 Å². The van der Waals surface area contributed by atoms with E-state index in [1.54, 1.807) is 0 Å². The standard InChI is InChI=1S/C15H23NO3/c1-12(2)19-15-6-4-3-5-13(15)9-16-10-14-11-17-7-8-18-14/h3-6,12,14,16H,7-11H2,1-2H3. The van der Waals surface area contributed by atoms with E-state index in [9.17, 15) is 0 Å². The van der Waals surface area contributed by atoms with Gasteiger partial charge in [0.1, 0.15) is 5.75 Å². The van der Waals surface area contributed by atoms with E-state index in [1.165, 1.54) is 5.56 Å². The lowest BCUT2D eigenvalue weighted by Crippen LogP contribution is -2.37. The molecule has 1 unspecified atom stereocenters. The van der Waals surface area contributed by atoms with Crippen LogP contribution in [0.2, 0.25) is 0 Å². The number of rotatable bonds is 6. The SMILES string of the molecule is CC(C)Oc1ccccc1CNCC1COCCO1. The second-order valence-corrected chi connectivity index (χ2v) is 4.97. The number of ether oxygens (including phenoxy) is 3. The molecule has 4 nitrogen and oxygen atoms in total. The van der Waals surface area contributed by atoms with Crippen LogP contribution in [0.4, 0.5) is 0 Å². The zero-order valence-electron chi connectivity index (χ0n) is 11.7. The van der Waals surface area contributed by atoms with Crippen molar-refractivity contribution in [3.63, 3.8) is 0 Å². The first-order valence-electron chi connectivity index (χ1n) is 6.90. The smallest absolute Gasteiger partial charge is 0.124 e. The van der Waals surface area contributed by atoms with E-state index in [2.05, 4.69) is 11.4 Å². The molecule has 0 saturated carbocycles. The summed E-state index contributed by atoms with van der Waals surface area (Å²) in [5.41, 5.74) is 1.17. The maximum absolute atomic E-state index is 5.79. The summed E-state index contributed by atoms with van der Waals surface area (Å²) in [5, 5.41) is 3.40. The van der Waals surface area contributed by atoms with Crippen LogP contribution in [0.5, 0.6) is 5.75 Å². The third-order valence-electron chi connectivity index (χ3n) is 2.91. The average Bonchev–Trinajstić information content (AvgIpc) is 2.41. The van der Waals surface area contributed by atoms with Gasteiger partial charge in [-0.15, -0.1) is 0 Å². The van der Waals surface area contributed by atoms with Crippen molar-refractivity contribution in [2.75, 3.05) is 26.4 Å². The zero-order valence-corrected chi connectivity index (χ0v) is 11.7. The molecule has 0 radical (unpaired) electrons. The number of hydrogen-bond acceptors (Lipinski definition) is 4. The van der Waals surface area contributed by atoms with Crippen LogP contribution >= 0.6 is 0 Å². The molecule has 2 rings (SSSR count). The van der Waals surface area contributed by atoms with Gasteiger partial charge in [-0.1, -0.05) is 18.2 Å². The molecule has 1 aromatic rings. The molecule has 19 heavy (non-hydrogen) atoms. The minimum Gasteiger partial charge on any atom is -0.491 e. The summed E-state index contributed by atoms with van der Waals surface area (Å²) in [5.74, 6) is 0.950. The zero-order chi connectivity index (χ0) is 13.5. The molecule has 0 aliphatic carbocycles. The van der Waals surface area contributed by atoms with E-state index in [4.69, 9.17) is 14.2 Å². The lowest BCUT2D eigenvalue weighted by molar-refractivity contribution is -0.0864. The van der Waals surface area contributed by atoms with Crippen LogP contribution in [0, 0.1) is 0 Å². The highest BCUT2D eigenvalue weighted by molar-refractivity contribution is 5.33. The average molecular weight is 265 g/mol. The predicted molar refractivity (Wildman–Crippen MR) is 74.5 cm³/mol. The second kappa shape index (κ2) is 7.48. The van der Waals surface area contributed by atoms with E-state index in [1.807, 2.05) is 32.0 Å². The summed E-state index contributed by atoms with van der Waals surface area (Å²) >= 11 is 0. The van der Waals surface area contributed by atoms with Crippen molar-refractivity contribution < 1.29 is 14.2 Å². The van der Waals surface area contributed by atoms with Crippen molar-refractivity contribution in [3.8, 4) is 5.75 Å². The van der Waals surface area contributed by atoms with Crippen LogP contribution in [0.1, 0.15) is 19.4 Å². The van der Waals surface area contributed by atoms with E-state index in [-0.39, 0.29) is 12.2 Å². The normalized spacial score (nSPS) is 19.6. The highest BCUT2D eigenvalue weighted by Crippen LogP contribution is 2.19. The quantitative estimate of drug-likeness (QED) is 0.854. The van der Waals surface area contributed by atoms with Gasteiger partial charge in [0.25, 0.3) is 0 Å². The Morgan fingerprint density at radius 1 is 1.32 bits per heavy atom. The van der Waals surface area contributed by atoms with Gasteiger partial charge in [0, 0.05) is 18.7 Å². The van der Waals surface area contributed by atoms with Crippen molar-refractivity contribution in [2.24, 2.45) is 0 Å². The van der Waals surface area contributed by atoms with Gasteiger partial charge in [-0.05, 0) is 19.9 Å². The van der Waals surface area contributed by atoms with Crippen molar-refractivity contribution in [2.45, 2.75) is 32.6 Å². The Hall–Kier alpha value is -1.10. The summed E-state index contributed by atoms with van der Waals surface area (Å²) in [6.45, 7) is 7.74. The van der Waals surface area contributed by atoms with Crippen LogP contribution in [-0.2, 0) is 16.0 Å². The first-order chi connectivity index (χ1) is 9.25. The molecular formula is C15H23NO3. The fraction of sp³-hybridized carbons (Fsp3) is 0.600. The molecule has 106 valence electrons. The molecule has 0 amide bonds. The Labute approximate surface area is 115 Å². The molecule has 0 spiro atoms. The van der Waals surface area contributed by atoms with Crippen LogP contribution in [0.3, 0.4) is 0 Å². The van der Waals surface area contributed by atoms with Gasteiger partial charge in [-0.2, -0.15) is 0 Å². The molecule has 1 aliphatic heterocycles. The van der Waals surface area contributed by atoms with Gasteiger partial charge in [0.15, 0.2) is 0 Å². The van der Waals surface area contributed by atoms with Crippen molar-refractivity contribution in [1.82, 2.24) is 5.32 Å². The first-order valence-corrected chi connectivity index (χ1v) is 6.90. The summed E-state index contributed by atoms with van der Waals surface area (Å²) in [6.07, 6.45) is 0.350. The van der Waals surface area contributed by atoms with E-state index in [0.29, 0.717) is 19.8 Å². The van der Waals surface area contributed by atoms with Gasteiger partial charge < -0.3 is 19.5 Å². The molecule has 1 aromatic carbocycles. The Morgan fingerprint density at radius 2 is 2.16 bits per heavy atom. The molecule has 1 fully saturated rings. The first kappa shape index (κ1) is 14.3. The number of benzene rings is 1. The van der Waals surface area contributed by atoms with Crippen LogP contribution < -0.4 is 10.1 Å². The third-order valence-corrected chi connectivity index (χ3v) is 2.91. The van der Waals surface area contributed by atoms with E-state index < -0.39 is 0 Å². The molecule has 1 aliphatic rings. The molecule has 0 aromatic heterocycles. The van der Waals surface area contributed by atoms with Crippen LogP contribution in [0.15, 0.2) is 24.3 Å². The molecule has 1 N–H and O–H groups in total. The maximum atomic E-state index is 5.79. The largest absolute Gasteiger partial charge is 0.491 e. The highest BCUT2D eigenvalue weighted by Gasteiger charge is 2.13. The lowest BCUT2D eigenvalue weighted by atomic mass is 10.2. The van der Waals surface area contributed by atoms with Gasteiger partial charge in [-0.3, -0.25) is 0 Å². The molecule has 0 bridgehead atoms. The highest BCUT2D eigenvalue weighted by atomic mass is 16.6. The van der Waals surface area contributed by atoms with E-state index >= 15 is 0 Å². The summed E-state index contributed by atoms with van der Waals surface area (Å²) in [7, 11) is 0. The van der Waals surface area contributed by atoms with Crippen LogP contribution in [-0.4, -0.2) is 38.6 Å². The van der Waals surface area contributed by atoms with Gasteiger partial charge >= 0.3 is 0 Å². The van der Waals surface area contributed by atoms with Crippen molar-refractivity contribution in [3.05, 3.63) is 29.8 Å². The molecule has 4 heteroatoms. The summed E-state index contributed by atoms with van der Waals surface area (Å²) in [6, 6.07) is 8.13. The van der Waals surface area contributed by atoms with Crippen molar-refractivity contribution in [1.29, 1.82) is 0 Å². The van der Waals surface area contributed by atoms with Gasteiger partial charge in [0.05, 0.1) is 32.0 Å². The minimum absolute atomic E-state index is 0.159. The predicted octanol–water partition coefficient (Wildman–Crippen LogP) is 1.98. The fourth-order valence-electron chi connectivity index (χ4n) is 2.04. The second-order valence-electron chi connectivity index (χ2n) is 4.97. The number of hydrogen-bond donors (Lipinski definition) is 1. The summed E-state index contributed by atoms with van der Waals surface area (Å²) < 4.78 is 16.8. The van der Waals surface area contributed by atoms with Gasteiger partial charge in [-0.25, -0.2) is 0 Å². The van der Waals surface area contributed by atoms with E-state index in [0.717, 1.165) is 18.8 Å². The molecule has 1 heterocycles. The molecular weight excluding hydrogens is 242 g/mol. The minimum atomic E-state index is 0.159. The Kier molecular flexibility index (Phi) is 5.63. The molecule has 1 saturated heterocycles. The topological polar surface area (TPSA) is 39.7 Å². The summed E-state index contributed by atoms with van der Waals surface area (Å²) in [4.78, 5) is 0. The van der Waals surface area contributed by atoms with Crippen LogP contribution in [0.25, 0.3) is 0 Å². The Morgan fingerprint density at radius 3 is 2.89 bits per heavy atom. The third kappa shape index (κ3) is 4.82. The maximum Gasteiger partial charge on any atom is 0.124 e. The number of para-hydroxylation sites is 1. The Bertz CT molecular complexity index is 375. The van der Waals surface area contributed by atoms with Crippen molar-refractivity contribution >= 4 is 0 Å². The monoisotopic (exact) mass is 265 g/mol. The molecule has 1 atom stereocenters. The number of nitrogens with one attached hydrogen (secondary N) is 1. The fourth-order valence-corrected chi connectivity index (χ4v) is 2.04.